The Morgan fingerprint density at radius 2 is 0.621 bits per heavy atom. The Labute approximate surface area is 686 Å². The summed E-state index contributed by atoms with van der Waals surface area (Å²) in [5, 5.41) is 10.7. The Morgan fingerprint density at radius 1 is 0.336 bits per heavy atom. The Balaban J connectivity index is 0.000000135. The highest BCUT2D eigenvalue weighted by Crippen LogP contribution is 2.58. The zero-order chi connectivity index (χ0) is 83.7. The number of cyclic esters (lactones) is 3. The number of aliphatic hydroxyl groups is 1. The minimum absolute atomic E-state index is 0.0274. The number of aliphatic hydroxyl groups excluding tert-OH is 1. The van der Waals surface area contributed by atoms with E-state index in [4.69, 9.17) is 52.1 Å². The normalized spacial score (nSPS) is 35.7. The largest absolute Gasteiger partial charge is 0.459 e. The minimum Gasteiger partial charge on any atom is -0.459 e. The number of carbonyl (C=O) groups is 7. The molecule has 9 unspecified atom stereocenters. The number of ether oxygens (including phenoxy) is 11. The van der Waals surface area contributed by atoms with Gasteiger partial charge in [-0.1, -0.05) is 108 Å². The zero-order valence-corrected chi connectivity index (χ0v) is 71.9. The second-order valence-electron chi connectivity index (χ2n) is 37.6. The Hall–Kier alpha value is -7.43. The van der Waals surface area contributed by atoms with Crippen LogP contribution in [0.1, 0.15) is 298 Å². The fourth-order valence-corrected chi connectivity index (χ4v) is 19.6. The predicted molar refractivity (Wildman–Crippen MR) is 440 cm³/mol. The van der Waals surface area contributed by atoms with Crippen LogP contribution in [0.2, 0.25) is 0 Å². The smallest absolute Gasteiger partial charge is 0.338 e. The van der Waals surface area contributed by atoms with Crippen LogP contribution in [0.25, 0.3) is 0 Å². The quantitative estimate of drug-likeness (QED) is 0.0977. The topological polar surface area (TPSA) is 241 Å². The molecule has 21 atom stereocenters. The van der Waals surface area contributed by atoms with E-state index < -0.39 is 47.6 Å². The molecule has 12 aliphatic rings. The van der Waals surface area contributed by atoms with Crippen molar-refractivity contribution < 1.29 is 90.8 Å². The first-order valence-electron chi connectivity index (χ1n) is 42.6. The molecule has 8 fully saturated rings. The van der Waals surface area contributed by atoms with Gasteiger partial charge in [-0.3, -0.25) is 19.2 Å². The molecule has 116 heavy (non-hydrogen) atoms. The molecule has 19 heteroatoms. The van der Waals surface area contributed by atoms with E-state index in [2.05, 4.69) is 71.9 Å². The molecule has 4 saturated carbocycles. The first-order chi connectivity index (χ1) is 54.6. The number of aryl methyl sites for hydroxylation is 8. The van der Waals surface area contributed by atoms with Crippen molar-refractivity contribution in [2.75, 3.05) is 0 Å². The average Bonchev–Trinajstić information content (AvgIpc) is 1.62. The van der Waals surface area contributed by atoms with Crippen molar-refractivity contribution in [1.82, 2.24) is 0 Å². The lowest BCUT2D eigenvalue weighted by Crippen LogP contribution is -2.34. The van der Waals surface area contributed by atoms with Crippen LogP contribution >= 0.6 is 0 Å². The lowest BCUT2D eigenvalue weighted by atomic mass is 9.87. The third-order valence-corrected chi connectivity index (χ3v) is 24.9. The van der Waals surface area contributed by atoms with Crippen LogP contribution in [-0.4, -0.2) is 143 Å². The van der Waals surface area contributed by atoms with Crippen LogP contribution < -0.4 is 0 Å². The maximum absolute atomic E-state index is 13.2. The number of fused-ring (bicyclic) bond motifs is 16. The van der Waals surface area contributed by atoms with Crippen LogP contribution in [0.15, 0.2) is 97.1 Å². The van der Waals surface area contributed by atoms with Gasteiger partial charge in [-0.05, 0) is 305 Å². The van der Waals surface area contributed by atoms with E-state index in [0.717, 1.165) is 118 Å². The molecule has 0 bridgehead atoms. The third kappa shape index (κ3) is 20.5. The van der Waals surface area contributed by atoms with Gasteiger partial charge in [0.05, 0.1) is 41.1 Å². The van der Waals surface area contributed by atoms with Crippen LogP contribution in [0.5, 0.6) is 0 Å². The Morgan fingerprint density at radius 3 is 0.966 bits per heavy atom. The molecule has 19 nitrogen and oxygen atoms in total. The summed E-state index contributed by atoms with van der Waals surface area (Å²) in [6, 6.07) is 16.8. The fraction of sp³-hybridized carbons (Fsp3) is 0.598. The molecule has 7 heterocycles. The molecule has 0 amide bonds. The number of allylic oxidation sites excluding steroid dienone is 1. The van der Waals surface area contributed by atoms with Gasteiger partial charge in [0.15, 0.2) is 46.3 Å². The summed E-state index contributed by atoms with van der Waals surface area (Å²) in [4.78, 5) is 90.3. The number of esters is 3. The summed E-state index contributed by atoms with van der Waals surface area (Å²) in [6.07, 6.45) is 18.9. The lowest BCUT2D eigenvalue weighted by molar-refractivity contribution is -0.153. The van der Waals surface area contributed by atoms with Crippen molar-refractivity contribution in [2.24, 2.45) is 29.6 Å². The van der Waals surface area contributed by atoms with E-state index in [1.54, 1.807) is 36.5 Å². The van der Waals surface area contributed by atoms with Crippen molar-refractivity contribution in [3.8, 4) is 0 Å². The summed E-state index contributed by atoms with van der Waals surface area (Å²) in [5.74, 6) is -0.752. The van der Waals surface area contributed by atoms with Gasteiger partial charge in [0.25, 0.3) is 0 Å². The first kappa shape index (κ1) is 86.4. The highest BCUT2D eigenvalue weighted by molar-refractivity contribution is 6.00. The number of hydrogen-bond donors (Lipinski definition) is 1. The van der Waals surface area contributed by atoms with Crippen molar-refractivity contribution >= 4 is 41.0 Å². The molecule has 5 aliphatic carbocycles. The highest BCUT2D eigenvalue weighted by atomic mass is 16.8. The van der Waals surface area contributed by atoms with E-state index >= 15 is 0 Å². The second kappa shape index (κ2) is 34.4. The standard InChI is InChI=1S/C25H32O4.C24H32O5.2C24H30O5/c1-14-7-6-8-20(26)24-22(28-25(4,5)29-24)13-17-12-18(17)19-10-15(2)9-16(3)23(19)21(27)11-14;3*1-13-9-14(2)21-18(10-13)17-11-16(17)12-20-22(29-24(4,5)28-20)19(25)8-6-7-15(3)27-23(21)26/h6,8-10,14,17-18,22,24H,7,11-13H2,1-5H3;6,8-10,15-17,19-20,22,25H,7,11-12H2,1-5H3;2*6,8-10,15-17,20,22H,7,11-12H2,1-5H3/b8-6+;3*8-6-/t14-,17?,18?,22-,24+;15-,16?,17?,19?,20-,22+;2*15-,16?,17?,20-,22+/m0000/s1. The van der Waals surface area contributed by atoms with Crippen molar-refractivity contribution in [3.05, 3.63) is 186 Å². The molecule has 4 aromatic carbocycles. The summed E-state index contributed by atoms with van der Waals surface area (Å²) in [5.41, 5.74) is 16.1. The maximum Gasteiger partial charge on any atom is 0.338 e. The summed E-state index contributed by atoms with van der Waals surface area (Å²) >= 11 is 0. The summed E-state index contributed by atoms with van der Waals surface area (Å²) in [7, 11) is 0. The van der Waals surface area contributed by atoms with E-state index in [-0.39, 0.29) is 108 Å². The van der Waals surface area contributed by atoms with Gasteiger partial charge < -0.3 is 57.2 Å². The van der Waals surface area contributed by atoms with Crippen molar-refractivity contribution in [1.29, 1.82) is 0 Å². The number of carbonyl (C=O) groups excluding carboxylic acids is 7. The van der Waals surface area contributed by atoms with Gasteiger partial charge in [-0.25, -0.2) is 14.4 Å². The lowest BCUT2D eigenvalue weighted by Gasteiger charge is -2.21. The number of Topliss-reactive ketones (excluding diaryl/α,β-unsaturated/α-hetero) is 1. The van der Waals surface area contributed by atoms with Gasteiger partial charge in [-0.15, -0.1) is 0 Å². The van der Waals surface area contributed by atoms with Gasteiger partial charge in [0.1, 0.15) is 48.8 Å². The van der Waals surface area contributed by atoms with E-state index in [1.165, 1.54) is 11.1 Å². The van der Waals surface area contributed by atoms with E-state index in [1.807, 2.05) is 127 Å². The fourth-order valence-electron chi connectivity index (χ4n) is 19.6. The molecule has 4 aromatic rings. The van der Waals surface area contributed by atoms with Crippen LogP contribution in [0, 0.1) is 85.0 Å². The average molecular weight is 1590 g/mol. The molecule has 16 rings (SSSR count). The molecule has 0 radical (unpaired) electrons. The number of rotatable bonds is 0. The monoisotopic (exact) mass is 1590 g/mol. The summed E-state index contributed by atoms with van der Waals surface area (Å²) in [6.45, 7) is 38.9. The van der Waals surface area contributed by atoms with Crippen molar-refractivity contribution in [3.63, 3.8) is 0 Å². The van der Waals surface area contributed by atoms with Crippen molar-refractivity contribution in [2.45, 2.75) is 342 Å². The first-order valence-corrected chi connectivity index (χ1v) is 42.6. The van der Waals surface area contributed by atoms with Crippen LogP contribution in [0.4, 0.5) is 0 Å². The predicted octanol–water partition coefficient (Wildman–Crippen LogP) is 18.0. The van der Waals surface area contributed by atoms with Gasteiger partial charge in [-0.2, -0.15) is 0 Å². The molecule has 1 N–H and O–H groups in total. The number of ketones is 4. The van der Waals surface area contributed by atoms with Crippen LogP contribution in [-0.2, 0) is 66.5 Å². The van der Waals surface area contributed by atoms with E-state index in [9.17, 15) is 38.7 Å². The molecular formula is C97H124O19. The minimum atomic E-state index is -0.769. The van der Waals surface area contributed by atoms with Gasteiger partial charge in [0.2, 0.25) is 0 Å². The number of hydrogen-bond acceptors (Lipinski definition) is 19. The molecule has 0 spiro atoms. The maximum atomic E-state index is 13.2. The molecule has 4 saturated heterocycles. The highest BCUT2D eigenvalue weighted by Gasteiger charge is 2.55. The van der Waals surface area contributed by atoms with Crippen LogP contribution in [0.3, 0.4) is 0 Å². The Bertz CT molecular complexity index is 4220. The van der Waals surface area contributed by atoms with E-state index in [0.29, 0.717) is 78.7 Å². The molecule has 626 valence electrons. The second-order valence-corrected chi connectivity index (χ2v) is 37.6. The van der Waals surface area contributed by atoms with Gasteiger partial charge >= 0.3 is 17.9 Å². The molecule has 7 aliphatic heterocycles. The summed E-state index contributed by atoms with van der Waals surface area (Å²) < 4.78 is 65.5. The third-order valence-electron chi connectivity index (χ3n) is 24.9. The molecular weight excluding hydrogens is 1470 g/mol. The number of benzene rings is 4. The molecule has 0 aromatic heterocycles. The SMILES string of the molecule is Cc1cc(C)c2c(c1)C1CC1C[C@@H]1OC(C)(C)O[C@@H]1C(=O)/C=C/C[C@H](C)CC2=O.Cc1cc(C)c2c(c1)C1CC1C[C@@H]1OC(C)(C)O[C@@H]1C(=O)/C=C\C[C@H](C)OC2=O.Cc1cc(C)c2c(c1)C1CC1C[C@@H]1OC(C)(C)O[C@@H]1C(=O)/C=C\C[C@H](C)OC2=O.Cc1cc(C)c2c(c1)C1CC1C[C@@H]1OC(C)(C)O[C@@H]1C(O)/C=C\C[C@H](C)OC2=O. The van der Waals surface area contributed by atoms with Gasteiger partial charge in [0, 0.05) is 31.2 Å². The Kier molecular flexibility index (Phi) is 25.6. The zero-order valence-electron chi connectivity index (χ0n) is 71.9.